The molecule has 1 unspecified atom stereocenters. The summed E-state index contributed by atoms with van der Waals surface area (Å²) >= 11 is 0. The number of benzene rings is 1. The first-order chi connectivity index (χ1) is 10.5. The lowest BCUT2D eigenvalue weighted by Crippen LogP contribution is -2.33. The van der Waals surface area contributed by atoms with Gasteiger partial charge in [0, 0.05) is 12.6 Å². The molecule has 0 saturated heterocycles. The fourth-order valence-corrected chi connectivity index (χ4v) is 2.89. The number of carbonyl (C=O) groups excluding carboxylic acids is 1. The number of hydrogen-bond donors (Lipinski definition) is 1. The van der Waals surface area contributed by atoms with Crippen LogP contribution in [-0.2, 0) is 25.2 Å². The van der Waals surface area contributed by atoms with E-state index in [1.165, 1.54) is 13.8 Å². The molecule has 0 bridgehead atoms. The van der Waals surface area contributed by atoms with Crippen molar-refractivity contribution in [1.29, 1.82) is 0 Å². The van der Waals surface area contributed by atoms with Crippen molar-refractivity contribution in [3.05, 3.63) is 47.0 Å². The summed E-state index contributed by atoms with van der Waals surface area (Å²) < 4.78 is 56.2. The van der Waals surface area contributed by atoms with Crippen molar-refractivity contribution in [3.63, 3.8) is 0 Å². The number of ether oxygens (including phenoxy) is 1. The summed E-state index contributed by atoms with van der Waals surface area (Å²) in [6.45, 7) is 2.62. The van der Waals surface area contributed by atoms with Gasteiger partial charge < -0.3 is 9.84 Å². The topological polar surface area (TPSA) is 83.9 Å². The monoisotopic (exact) mass is 347 g/mol. The number of aliphatic hydroxyl groups excluding tert-OH is 1. The summed E-state index contributed by atoms with van der Waals surface area (Å²) in [4.78, 5) is 12.3. The van der Waals surface area contributed by atoms with Gasteiger partial charge in [-0.05, 0) is 26.0 Å². The summed E-state index contributed by atoms with van der Waals surface area (Å²) in [6, 6.07) is 2.70. The molecule has 1 atom stereocenters. The molecular formula is C14H15F2NO5S. The highest BCUT2D eigenvalue weighted by molar-refractivity contribution is 7.89. The largest absolute Gasteiger partial charge is 0.501 e. The van der Waals surface area contributed by atoms with E-state index in [1.807, 2.05) is 0 Å². The minimum Gasteiger partial charge on any atom is -0.501 e. The van der Waals surface area contributed by atoms with Gasteiger partial charge in [-0.1, -0.05) is 6.07 Å². The fraction of sp³-hybridized carbons (Fsp3) is 0.357. The lowest BCUT2D eigenvalue weighted by atomic mass is 9.91. The molecule has 126 valence electrons. The van der Waals surface area contributed by atoms with Gasteiger partial charge in [-0.3, -0.25) is 4.79 Å². The van der Waals surface area contributed by atoms with Crippen LogP contribution < -0.4 is 0 Å². The van der Waals surface area contributed by atoms with Crippen LogP contribution in [0.2, 0.25) is 0 Å². The Bertz CT molecular complexity index is 805. The Labute approximate surface area is 132 Å². The van der Waals surface area contributed by atoms with E-state index >= 15 is 0 Å². The van der Waals surface area contributed by atoms with Gasteiger partial charge in [0.25, 0.3) is 11.7 Å². The maximum Gasteiger partial charge on any atom is 0.251 e. The van der Waals surface area contributed by atoms with Crippen molar-refractivity contribution in [1.82, 2.24) is 4.31 Å². The number of nitrogens with zero attached hydrogens (tertiary/aromatic N) is 1. The zero-order valence-electron chi connectivity index (χ0n) is 12.6. The second-order valence-corrected chi connectivity index (χ2v) is 7.40. The molecule has 0 aliphatic carbocycles. The quantitative estimate of drug-likeness (QED) is 0.898. The number of carbonyl (C=O) groups is 1. The van der Waals surface area contributed by atoms with Crippen LogP contribution in [0.25, 0.3) is 0 Å². The smallest absolute Gasteiger partial charge is 0.251 e. The number of halogens is 2. The Morgan fingerprint density at radius 2 is 1.91 bits per heavy atom. The van der Waals surface area contributed by atoms with Crippen molar-refractivity contribution in [2.24, 2.45) is 0 Å². The average Bonchev–Trinajstić information content (AvgIpc) is 2.74. The van der Waals surface area contributed by atoms with Crippen LogP contribution in [-0.4, -0.2) is 36.4 Å². The van der Waals surface area contributed by atoms with Crippen molar-refractivity contribution in [3.8, 4) is 0 Å². The summed E-state index contributed by atoms with van der Waals surface area (Å²) in [5.41, 5.74) is -1.91. The highest BCUT2D eigenvalue weighted by Crippen LogP contribution is 2.39. The molecule has 1 aliphatic rings. The van der Waals surface area contributed by atoms with Crippen LogP contribution in [0.4, 0.5) is 8.78 Å². The molecule has 1 N–H and O–H groups in total. The van der Waals surface area contributed by atoms with E-state index in [9.17, 15) is 27.1 Å². The summed E-state index contributed by atoms with van der Waals surface area (Å²) in [5, 5.41) is 9.94. The van der Waals surface area contributed by atoms with Gasteiger partial charge in [-0.15, -0.1) is 0 Å². The summed E-state index contributed by atoms with van der Waals surface area (Å²) in [5.74, 6) is -4.97. The maximum absolute atomic E-state index is 13.4. The number of hydrogen-bond acceptors (Lipinski definition) is 5. The average molecular weight is 347 g/mol. The summed E-state index contributed by atoms with van der Waals surface area (Å²) in [6.07, 6.45) is 0. The molecule has 0 amide bonds. The molecule has 6 nitrogen and oxygen atoms in total. The Hall–Kier alpha value is -2.16. The minimum atomic E-state index is -3.78. The summed E-state index contributed by atoms with van der Waals surface area (Å²) in [7, 11) is -2.66. The normalized spacial score (nSPS) is 21.5. The third kappa shape index (κ3) is 2.65. The maximum atomic E-state index is 13.4. The van der Waals surface area contributed by atoms with Crippen LogP contribution in [0.15, 0.2) is 29.8 Å². The van der Waals surface area contributed by atoms with Gasteiger partial charge >= 0.3 is 0 Å². The van der Waals surface area contributed by atoms with E-state index in [2.05, 4.69) is 0 Å². The lowest BCUT2D eigenvalue weighted by Gasteiger charge is -2.26. The number of ketones is 1. The van der Waals surface area contributed by atoms with Crippen LogP contribution in [0, 0.1) is 11.6 Å². The Balaban J connectivity index is 2.47. The van der Waals surface area contributed by atoms with Gasteiger partial charge in [-0.25, -0.2) is 21.5 Å². The van der Waals surface area contributed by atoms with E-state index < -0.39 is 44.7 Å². The second kappa shape index (κ2) is 5.48. The number of sulfonamides is 1. The predicted octanol–water partition coefficient (Wildman–Crippen LogP) is 1.79. The molecule has 0 radical (unpaired) electrons. The standard InChI is InChI=1S/C14H15F2NO5S/c1-4-23(20,21)17(3)13-11(18)12(19)14(2,22-13)8-5-6-9(15)10(16)7-8/h5-7,18H,4H2,1-3H3. The Kier molecular flexibility index (Phi) is 4.10. The van der Waals surface area contributed by atoms with Crippen LogP contribution in [0.3, 0.4) is 0 Å². The van der Waals surface area contributed by atoms with E-state index in [1.54, 1.807) is 0 Å². The van der Waals surface area contributed by atoms with Crippen LogP contribution >= 0.6 is 0 Å². The van der Waals surface area contributed by atoms with E-state index in [4.69, 9.17) is 4.74 Å². The number of rotatable bonds is 4. The van der Waals surface area contributed by atoms with Crippen LogP contribution in [0.5, 0.6) is 0 Å². The molecule has 0 saturated carbocycles. The first kappa shape index (κ1) is 17.2. The SMILES string of the molecule is CCS(=O)(=O)N(C)C1=C(O)C(=O)C(C)(c2ccc(F)c(F)c2)O1. The van der Waals surface area contributed by atoms with Crippen molar-refractivity contribution in [2.75, 3.05) is 12.8 Å². The van der Waals surface area contributed by atoms with Crippen LogP contribution in [0.1, 0.15) is 19.4 Å². The molecule has 0 aromatic heterocycles. The highest BCUT2D eigenvalue weighted by Gasteiger charge is 2.50. The molecule has 0 spiro atoms. The molecule has 1 aromatic rings. The Morgan fingerprint density at radius 1 is 1.30 bits per heavy atom. The first-order valence-corrected chi connectivity index (χ1v) is 8.24. The highest BCUT2D eigenvalue weighted by atomic mass is 32.2. The van der Waals surface area contributed by atoms with E-state index in [0.29, 0.717) is 4.31 Å². The molecule has 1 heterocycles. The molecule has 1 aliphatic heterocycles. The number of aliphatic hydroxyl groups is 1. The zero-order chi connectivity index (χ0) is 17.6. The molecule has 1 aromatic carbocycles. The van der Waals surface area contributed by atoms with Crippen molar-refractivity contribution >= 4 is 15.8 Å². The van der Waals surface area contributed by atoms with Gasteiger partial charge in [0.15, 0.2) is 17.2 Å². The van der Waals surface area contributed by atoms with Gasteiger partial charge in [-0.2, -0.15) is 0 Å². The first-order valence-electron chi connectivity index (χ1n) is 6.63. The van der Waals surface area contributed by atoms with E-state index in [0.717, 1.165) is 25.2 Å². The number of Topliss-reactive ketones (excluding diaryl/α,β-unsaturated/α-hetero) is 1. The second-order valence-electron chi connectivity index (χ2n) is 5.12. The molecule has 9 heteroatoms. The van der Waals surface area contributed by atoms with E-state index in [-0.39, 0.29) is 11.3 Å². The minimum absolute atomic E-state index is 0.0507. The molecule has 0 fully saturated rings. The van der Waals surface area contributed by atoms with Gasteiger partial charge in [0.05, 0.1) is 5.75 Å². The van der Waals surface area contributed by atoms with Crippen molar-refractivity contribution < 1.29 is 31.8 Å². The third-order valence-electron chi connectivity index (χ3n) is 3.69. The predicted molar refractivity (Wildman–Crippen MR) is 76.7 cm³/mol. The Morgan fingerprint density at radius 3 is 2.43 bits per heavy atom. The molecular weight excluding hydrogens is 332 g/mol. The fourth-order valence-electron chi connectivity index (χ4n) is 2.13. The van der Waals surface area contributed by atoms with Gasteiger partial charge in [0.2, 0.25) is 15.8 Å². The molecule has 23 heavy (non-hydrogen) atoms. The van der Waals surface area contributed by atoms with Crippen molar-refractivity contribution in [2.45, 2.75) is 19.4 Å². The van der Waals surface area contributed by atoms with Gasteiger partial charge in [0.1, 0.15) is 0 Å². The molecule has 2 rings (SSSR count). The third-order valence-corrected chi connectivity index (χ3v) is 5.42. The zero-order valence-corrected chi connectivity index (χ0v) is 13.4. The lowest BCUT2D eigenvalue weighted by molar-refractivity contribution is -0.132.